The summed E-state index contributed by atoms with van der Waals surface area (Å²) in [6, 6.07) is 0. The predicted molar refractivity (Wildman–Crippen MR) is 108 cm³/mol. The molecule has 0 spiro atoms. The van der Waals surface area contributed by atoms with Crippen LogP contribution in [-0.2, 0) is 0 Å². The highest BCUT2D eigenvalue weighted by molar-refractivity contribution is 8.22. The first-order valence-electron chi connectivity index (χ1n) is 9.81. The summed E-state index contributed by atoms with van der Waals surface area (Å²) in [4.78, 5) is 0. The molecule has 134 valence electrons. The van der Waals surface area contributed by atoms with Gasteiger partial charge in [0.1, 0.15) is 0 Å². The van der Waals surface area contributed by atoms with Crippen molar-refractivity contribution in [2.24, 2.45) is 35.0 Å². The second kappa shape index (κ2) is 6.92. The lowest BCUT2D eigenvalue weighted by atomic mass is 9.49. The van der Waals surface area contributed by atoms with Gasteiger partial charge in [0.15, 0.2) is 0 Å². The molecule has 0 aromatic carbocycles. The van der Waals surface area contributed by atoms with Gasteiger partial charge in [0.25, 0.3) is 0 Å². The summed E-state index contributed by atoms with van der Waals surface area (Å²) in [6.07, 6.45) is 20.5. The van der Waals surface area contributed by atoms with E-state index in [1.807, 2.05) is 0 Å². The first-order valence-corrected chi connectivity index (χ1v) is 11.5. The van der Waals surface area contributed by atoms with E-state index in [0.717, 1.165) is 29.6 Å². The van der Waals surface area contributed by atoms with Crippen LogP contribution in [-0.4, -0.2) is 4.75 Å². The third-order valence-electron chi connectivity index (χ3n) is 8.63. The zero-order valence-corrected chi connectivity index (χ0v) is 17.0. The van der Waals surface area contributed by atoms with Crippen molar-refractivity contribution in [1.29, 1.82) is 0 Å². The molecule has 0 N–H and O–H groups in total. The smallest absolute Gasteiger partial charge is 0.0376 e. The van der Waals surface area contributed by atoms with Gasteiger partial charge in [-0.05, 0) is 114 Å². The van der Waals surface area contributed by atoms with E-state index in [1.54, 1.807) is 11.0 Å². The van der Waals surface area contributed by atoms with E-state index in [1.165, 1.54) is 63.4 Å². The Labute approximate surface area is 158 Å². The zero-order valence-electron chi connectivity index (χ0n) is 15.4. The van der Waals surface area contributed by atoms with Crippen LogP contribution in [0.2, 0.25) is 0 Å². The highest BCUT2D eigenvalue weighted by Crippen LogP contribution is 2.68. The molecule has 0 aliphatic heterocycles. The summed E-state index contributed by atoms with van der Waals surface area (Å²) in [7, 11) is 8.34. The van der Waals surface area contributed by atoms with Gasteiger partial charge < -0.3 is 0 Å². The monoisotopic (exact) mass is 364 g/mol. The molecule has 0 aromatic heterocycles. The van der Waals surface area contributed by atoms with Gasteiger partial charge in [0, 0.05) is 4.75 Å². The molecule has 0 radical (unpaired) electrons. The van der Waals surface area contributed by atoms with Crippen molar-refractivity contribution >= 4 is 21.7 Å². The number of hydrogen-bond donors (Lipinski definition) is 0. The van der Waals surface area contributed by atoms with Crippen molar-refractivity contribution in [3.63, 3.8) is 0 Å². The number of hydrogen-bond acceptors (Lipinski definition) is 1. The summed E-state index contributed by atoms with van der Waals surface area (Å²) in [6.45, 7) is 9.42. The van der Waals surface area contributed by atoms with Gasteiger partial charge in [0.2, 0.25) is 0 Å². The average molecular weight is 365 g/mol. The zero-order chi connectivity index (χ0) is 17.5. The van der Waals surface area contributed by atoms with Crippen LogP contribution >= 0.6 is 21.7 Å². The van der Waals surface area contributed by atoms with Crippen molar-refractivity contribution < 1.29 is 0 Å². The van der Waals surface area contributed by atoms with Gasteiger partial charge in [-0.3, -0.25) is 0 Å². The summed E-state index contributed by atoms with van der Waals surface area (Å²) in [5.41, 5.74) is 2.12. The van der Waals surface area contributed by atoms with Crippen molar-refractivity contribution in [2.75, 3.05) is 0 Å². The molecule has 0 bridgehead atoms. The van der Waals surface area contributed by atoms with Crippen LogP contribution in [0, 0.1) is 47.9 Å². The average Bonchev–Trinajstić information content (AvgIpc) is 2.91. The summed E-state index contributed by atoms with van der Waals surface area (Å²) < 4.78 is 0.374. The first-order chi connectivity index (χ1) is 11.5. The Kier molecular flexibility index (Phi) is 5.40. The van der Waals surface area contributed by atoms with E-state index in [-0.39, 0.29) is 0 Å². The topological polar surface area (TPSA) is 0 Å². The Bertz CT molecular complexity index is 511. The van der Waals surface area contributed by atoms with Crippen LogP contribution in [0.25, 0.3) is 0 Å². The molecule has 4 rings (SSSR count). The van der Waals surface area contributed by atoms with E-state index in [4.69, 9.17) is 10.7 Å². The van der Waals surface area contributed by atoms with Gasteiger partial charge in [0.05, 0.1) is 0 Å². The minimum atomic E-state index is 0.374. The molecule has 0 aromatic rings. The highest BCUT2D eigenvalue weighted by atomic mass is 35.7. The Morgan fingerprint density at radius 1 is 1.08 bits per heavy atom. The largest absolute Gasteiger partial charge is 0.124 e. The molecule has 0 amide bonds. The molecule has 4 fully saturated rings. The number of fused-ring (bicyclic) bond motifs is 5. The van der Waals surface area contributed by atoms with Gasteiger partial charge >= 0.3 is 0 Å². The number of rotatable bonds is 1. The molecular weight excluding hydrogens is 332 g/mol. The molecule has 0 nitrogen and oxygen atoms in total. The Morgan fingerprint density at radius 3 is 2.54 bits per heavy atom. The van der Waals surface area contributed by atoms with Gasteiger partial charge in [-0.1, -0.05) is 26.0 Å². The Hall–Kier alpha value is -0.0600. The maximum Gasteiger partial charge on any atom is 0.0376 e. The van der Waals surface area contributed by atoms with E-state index in [9.17, 15) is 0 Å². The second-order valence-corrected chi connectivity index (χ2v) is 10.5. The third kappa shape index (κ3) is 2.59. The quantitative estimate of drug-likeness (QED) is 0.353. The van der Waals surface area contributed by atoms with Crippen LogP contribution in [0.4, 0.5) is 0 Å². The van der Waals surface area contributed by atoms with Crippen molar-refractivity contribution in [2.45, 2.75) is 76.4 Å². The fraction of sp³-hybridized carbons (Fsp3) is 0.818. The highest BCUT2D eigenvalue weighted by Gasteiger charge is 2.60. The van der Waals surface area contributed by atoms with Crippen LogP contribution in [0.15, 0.2) is 12.2 Å². The number of allylic oxidation sites excluding steroid dienone is 1. The molecule has 7 unspecified atom stereocenters. The normalized spacial score (nSPS) is 50.0. The molecule has 0 saturated heterocycles. The van der Waals surface area contributed by atoms with Gasteiger partial charge in [-0.15, -0.1) is 12.8 Å². The molecule has 0 heterocycles. The van der Waals surface area contributed by atoms with Crippen molar-refractivity contribution in [3.05, 3.63) is 12.2 Å². The molecule has 4 aliphatic carbocycles. The van der Waals surface area contributed by atoms with E-state index >= 15 is 0 Å². The maximum atomic E-state index is 6.61. The van der Waals surface area contributed by atoms with Crippen LogP contribution in [0.1, 0.15) is 71.6 Å². The lowest BCUT2D eigenvalue weighted by Gasteiger charge is -2.60. The molecule has 2 heteroatoms. The van der Waals surface area contributed by atoms with E-state index < -0.39 is 0 Å². The molecule has 4 aliphatic rings. The maximum absolute atomic E-state index is 6.61. The van der Waals surface area contributed by atoms with Crippen LogP contribution in [0.3, 0.4) is 0 Å². The second-order valence-electron chi connectivity index (χ2n) is 9.16. The number of terminal acetylenes is 1. The molecular formula is C22H33ClS. The van der Waals surface area contributed by atoms with Gasteiger partial charge in [-0.25, -0.2) is 0 Å². The first kappa shape index (κ1) is 18.7. The fourth-order valence-electron chi connectivity index (χ4n) is 7.15. The lowest BCUT2D eigenvalue weighted by molar-refractivity contribution is -0.0416. The minimum Gasteiger partial charge on any atom is -0.124 e. The fourth-order valence-corrected chi connectivity index (χ4v) is 9.01. The molecule has 24 heavy (non-hydrogen) atoms. The number of halogens is 1. The van der Waals surface area contributed by atoms with E-state index in [2.05, 4.69) is 33.3 Å². The summed E-state index contributed by atoms with van der Waals surface area (Å²) in [5, 5.41) is 0. The van der Waals surface area contributed by atoms with E-state index in [0.29, 0.717) is 10.2 Å². The Morgan fingerprint density at radius 2 is 1.83 bits per heavy atom. The third-order valence-corrected chi connectivity index (χ3v) is 10.6. The molecule has 7 atom stereocenters. The lowest BCUT2D eigenvalue weighted by Crippen LogP contribution is -2.56. The van der Waals surface area contributed by atoms with Crippen molar-refractivity contribution in [1.82, 2.24) is 0 Å². The molecule has 4 saturated carbocycles. The van der Waals surface area contributed by atoms with Crippen LogP contribution in [0.5, 0.6) is 0 Å². The summed E-state index contributed by atoms with van der Waals surface area (Å²) in [5.74, 6) is 4.55. The standard InChI is InChI=1S/C20H31ClS.C2H2/c1-13-8-11-20(22-21)15(12-13)5-6-16-17-7-4-14(2)19(17,3)10-9-18(16)20;1-2/h14-18H,1,4-12H2,2-3H3;1-2H. The predicted octanol–water partition coefficient (Wildman–Crippen LogP) is 7.09. The van der Waals surface area contributed by atoms with Gasteiger partial charge in [-0.2, -0.15) is 0 Å². The Balaban J connectivity index is 0.000000815. The minimum absolute atomic E-state index is 0.374. The summed E-state index contributed by atoms with van der Waals surface area (Å²) >= 11 is 0. The van der Waals surface area contributed by atoms with Crippen molar-refractivity contribution in [3.8, 4) is 12.8 Å². The SMILES string of the molecule is C#C.C=C1CCC2(SCl)C(CCC3C4CCC(C)C4(C)CCC32)C1. The van der Waals surface area contributed by atoms with Crippen LogP contribution < -0.4 is 0 Å².